The van der Waals surface area contributed by atoms with E-state index in [1.165, 1.54) is 5.56 Å². The van der Waals surface area contributed by atoms with E-state index in [4.69, 9.17) is 9.47 Å². The summed E-state index contributed by atoms with van der Waals surface area (Å²) in [5.74, 6) is 1.61. The average Bonchev–Trinajstić information content (AvgIpc) is 2.47. The van der Waals surface area contributed by atoms with Crippen molar-refractivity contribution in [2.24, 2.45) is 0 Å². The Bertz CT molecular complexity index is 428. The molecule has 0 bridgehead atoms. The van der Waals surface area contributed by atoms with Crippen LogP contribution in [0.15, 0.2) is 18.2 Å². The molecule has 4 heteroatoms. The summed E-state index contributed by atoms with van der Waals surface area (Å²) in [6, 6.07) is 6.77. The van der Waals surface area contributed by atoms with Crippen LogP contribution in [0.4, 0.5) is 0 Å². The zero-order valence-corrected chi connectivity index (χ0v) is 13.1. The lowest BCUT2D eigenvalue weighted by atomic mass is 10.0. The van der Waals surface area contributed by atoms with Gasteiger partial charge in [0.25, 0.3) is 0 Å². The summed E-state index contributed by atoms with van der Waals surface area (Å²) < 4.78 is 10.7. The van der Waals surface area contributed by atoms with Crippen molar-refractivity contribution in [3.63, 3.8) is 0 Å². The lowest BCUT2D eigenvalue weighted by Gasteiger charge is -2.36. The molecule has 1 saturated heterocycles. The van der Waals surface area contributed by atoms with Gasteiger partial charge in [-0.05, 0) is 38.1 Å². The third-order valence-corrected chi connectivity index (χ3v) is 4.14. The third kappa shape index (κ3) is 3.64. The number of hydrogen-bond acceptors (Lipinski definition) is 4. The van der Waals surface area contributed by atoms with Crippen LogP contribution < -0.4 is 9.47 Å². The van der Waals surface area contributed by atoms with Crippen molar-refractivity contribution in [1.29, 1.82) is 0 Å². The van der Waals surface area contributed by atoms with Gasteiger partial charge in [0.1, 0.15) is 0 Å². The molecule has 1 aromatic carbocycles. The molecule has 4 nitrogen and oxygen atoms in total. The van der Waals surface area contributed by atoms with Gasteiger partial charge in [0.05, 0.1) is 14.2 Å². The van der Waals surface area contributed by atoms with E-state index in [0.717, 1.165) is 44.1 Å². The second-order valence-corrected chi connectivity index (χ2v) is 5.58. The van der Waals surface area contributed by atoms with Gasteiger partial charge in [-0.25, -0.2) is 0 Å². The summed E-state index contributed by atoms with van der Waals surface area (Å²) in [6.07, 6.45) is 1.05. The van der Waals surface area contributed by atoms with E-state index in [-0.39, 0.29) is 0 Å². The average molecular weight is 278 g/mol. The highest BCUT2D eigenvalue weighted by molar-refractivity contribution is 5.43. The van der Waals surface area contributed by atoms with Crippen LogP contribution in [0.2, 0.25) is 0 Å². The fourth-order valence-electron chi connectivity index (χ4n) is 2.74. The number of rotatable bonds is 5. The minimum atomic E-state index is 0.557. The predicted octanol–water partition coefficient (Wildman–Crippen LogP) is 1.88. The van der Waals surface area contributed by atoms with Gasteiger partial charge in [0.15, 0.2) is 11.5 Å². The van der Waals surface area contributed by atoms with E-state index in [0.29, 0.717) is 6.04 Å². The van der Waals surface area contributed by atoms with Crippen LogP contribution in [0.25, 0.3) is 0 Å². The summed E-state index contributed by atoms with van der Waals surface area (Å²) in [5, 5.41) is 0. The van der Waals surface area contributed by atoms with Crippen LogP contribution in [0.3, 0.4) is 0 Å². The molecule has 1 fully saturated rings. The van der Waals surface area contributed by atoms with Gasteiger partial charge in [-0.3, -0.25) is 4.90 Å². The van der Waals surface area contributed by atoms with Gasteiger partial charge >= 0.3 is 0 Å². The number of methoxy groups -OCH3 is 2. The molecule has 20 heavy (non-hydrogen) atoms. The van der Waals surface area contributed by atoms with Crippen molar-refractivity contribution >= 4 is 0 Å². The Hall–Kier alpha value is -1.26. The van der Waals surface area contributed by atoms with Crippen LogP contribution in [-0.4, -0.2) is 63.3 Å². The van der Waals surface area contributed by atoms with Gasteiger partial charge in [0.2, 0.25) is 0 Å². The van der Waals surface area contributed by atoms with Gasteiger partial charge in [0, 0.05) is 32.2 Å². The summed E-state index contributed by atoms with van der Waals surface area (Å²) >= 11 is 0. The molecular weight excluding hydrogens is 252 g/mol. The van der Waals surface area contributed by atoms with Crippen molar-refractivity contribution in [3.8, 4) is 11.5 Å². The molecule has 0 spiro atoms. The number of piperazine rings is 1. The van der Waals surface area contributed by atoms with Crippen molar-refractivity contribution in [3.05, 3.63) is 23.8 Å². The summed E-state index contributed by atoms with van der Waals surface area (Å²) in [5.41, 5.74) is 1.30. The van der Waals surface area contributed by atoms with Crippen LogP contribution >= 0.6 is 0 Å². The maximum Gasteiger partial charge on any atom is 0.160 e. The minimum Gasteiger partial charge on any atom is -0.493 e. The largest absolute Gasteiger partial charge is 0.493 e. The first-order valence-corrected chi connectivity index (χ1v) is 7.27. The van der Waals surface area contributed by atoms with E-state index in [1.54, 1.807) is 14.2 Å². The molecule has 0 amide bonds. The van der Waals surface area contributed by atoms with Crippen LogP contribution in [0, 0.1) is 0 Å². The Balaban J connectivity index is 1.98. The molecule has 1 atom stereocenters. The molecule has 1 aromatic rings. The number of benzene rings is 1. The molecule has 0 aromatic heterocycles. The lowest BCUT2D eigenvalue weighted by molar-refractivity contribution is 0.118. The quantitative estimate of drug-likeness (QED) is 0.821. The lowest BCUT2D eigenvalue weighted by Crippen LogP contribution is -2.48. The van der Waals surface area contributed by atoms with Crippen molar-refractivity contribution in [2.75, 3.05) is 47.4 Å². The summed E-state index contributed by atoms with van der Waals surface area (Å²) in [7, 11) is 5.55. The molecule has 112 valence electrons. The number of ether oxygens (including phenoxy) is 2. The monoisotopic (exact) mass is 278 g/mol. The first-order chi connectivity index (χ1) is 9.63. The van der Waals surface area contributed by atoms with Gasteiger partial charge in [-0.1, -0.05) is 6.07 Å². The highest BCUT2D eigenvalue weighted by Gasteiger charge is 2.19. The molecular formula is C16H26N2O2. The van der Waals surface area contributed by atoms with Crippen molar-refractivity contribution in [2.45, 2.75) is 19.4 Å². The molecule has 0 aliphatic carbocycles. The maximum absolute atomic E-state index is 5.37. The molecule has 1 aliphatic rings. The molecule has 0 radical (unpaired) electrons. The van der Waals surface area contributed by atoms with Gasteiger partial charge in [-0.15, -0.1) is 0 Å². The predicted molar refractivity (Wildman–Crippen MR) is 81.8 cm³/mol. The number of likely N-dealkylation sites (N-methyl/N-ethyl adjacent to an activating group) is 1. The van der Waals surface area contributed by atoms with E-state index < -0.39 is 0 Å². The zero-order valence-electron chi connectivity index (χ0n) is 13.1. The second kappa shape index (κ2) is 6.95. The fraction of sp³-hybridized carbons (Fsp3) is 0.625. The second-order valence-electron chi connectivity index (χ2n) is 5.58. The van der Waals surface area contributed by atoms with Crippen molar-refractivity contribution < 1.29 is 9.47 Å². The smallest absolute Gasteiger partial charge is 0.160 e. The number of hydrogen-bond donors (Lipinski definition) is 0. The maximum atomic E-state index is 5.37. The van der Waals surface area contributed by atoms with Crippen LogP contribution in [0.5, 0.6) is 11.5 Å². The molecule has 0 N–H and O–H groups in total. The first-order valence-electron chi connectivity index (χ1n) is 7.27. The number of nitrogens with zero attached hydrogens (tertiary/aromatic N) is 2. The minimum absolute atomic E-state index is 0.557. The van der Waals surface area contributed by atoms with Crippen molar-refractivity contribution in [1.82, 2.24) is 9.80 Å². The Morgan fingerprint density at radius 3 is 2.30 bits per heavy atom. The van der Waals surface area contributed by atoms with E-state index in [9.17, 15) is 0 Å². The Labute approximate surface area is 122 Å². The van der Waals surface area contributed by atoms with Crippen LogP contribution in [0.1, 0.15) is 12.5 Å². The van der Waals surface area contributed by atoms with Gasteiger partial charge in [-0.2, -0.15) is 0 Å². The molecule has 0 unspecified atom stereocenters. The summed E-state index contributed by atoms with van der Waals surface area (Å²) in [6.45, 7) is 6.95. The SMILES string of the molecule is COc1ccc(C[C@H](C)N2CCN(C)CC2)cc1OC. The molecule has 1 heterocycles. The highest BCUT2D eigenvalue weighted by atomic mass is 16.5. The zero-order chi connectivity index (χ0) is 14.5. The highest BCUT2D eigenvalue weighted by Crippen LogP contribution is 2.28. The topological polar surface area (TPSA) is 24.9 Å². The molecule has 1 aliphatic heterocycles. The standard InChI is InChI=1S/C16H26N2O2/c1-13(18-9-7-17(2)8-10-18)11-14-5-6-15(19-3)16(12-14)20-4/h5-6,12-13H,7-11H2,1-4H3/t13-/m0/s1. The normalized spacial score (nSPS) is 18.8. The fourth-order valence-corrected chi connectivity index (χ4v) is 2.74. The Morgan fingerprint density at radius 2 is 1.70 bits per heavy atom. The Kier molecular flexibility index (Phi) is 5.26. The van der Waals surface area contributed by atoms with Gasteiger partial charge < -0.3 is 14.4 Å². The van der Waals surface area contributed by atoms with E-state index in [1.807, 2.05) is 6.07 Å². The molecule has 0 saturated carbocycles. The van der Waals surface area contributed by atoms with Crippen LogP contribution in [-0.2, 0) is 6.42 Å². The van der Waals surface area contributed by atoms with E-state index >= 15 is 0 Å². The van der Waals surface area contributed by atoms with E-state index in [2.05, 4.69) is 35.9 Å². The summed E-state index contributed by atoms with van der Waals surface area (Å²) in [4.78, 5) is 4.95. The third-order valence-electron chi connectivity index (χ3n) is 4.14. The molecule has 2 rings (SSSR count). The Morgan fingerprint density at radius 1 is 1.05 bits per heavy atom. The first kappa shape index (κ1) is 15.1.